The molecule has 0 aliphatic rings. The maximum Gasteiger partial charge on any atom is 0.352 e. The molecule has 78 valence electrons. The lowest BCUT2D eigenvalue weighted by molar-refractivity contribution is 0.0684. The molecule has 0 fully saturated rings. The molecule has 1 N–H and O–H groups in total. The van der Waals surface area contributed by atoms with Crippen molar-refractivity contribution in [2.24, 2.45) is 7.05 Å². The molecule has 1 heterocycles. The number of hydrogen-bond acceptors (Lipinski definition) is 1. The first-order valence-corrected chi connectivity index (χ1v) is 4.90. The molecule has 0 spiro atoms. The number of rotatable bonds is 3. The number of carbonyl (C=O) groups is 1. The Hall–Kier alpha value is -1.25. The average molecular weight is 195 g/mol. The first kappa shape index (κ1) is 10.8. The topological polar surface area (TPSA) is 42.2 Å². The molecule has 0 aliphatic heterocycles. The van der Waals surface area contributed by atoms with Gasteiger partial charge in [-0.3, -0.25) is 0 Å². The lowest BCUT2D eigenvalue weighted by Gasteiger charge is -2.05. The summed E-state index contributed by atoms with van der Waals surface area (Å²) in [4.78, 5) is 11.1. The summed E-state index contributed by atoms with van der Waals surface area (Å²) in [5.74, 6) is -0.580. The van der Waals surface area contributed by atoms with E-state index < -0.39 is 5.97 Å². The number of aromatic nitrogens is 1. The summed E-state index contributed by atoms with van der Waals surface area (Å²) < 4.78 is 1.78. The molecule has 0 saturated heterocycles. The van der Waals surface area contributed by atoms with E-state index in [1.165, 1.54) is 0 Å². The number of carboxylic acid groups (broad SMARTS) is 1. The van der Waals surface area contributed by atoms with Gasteiger partial charge in [-0.25, -0.2) is 4.79 Å². The highest BCUT2D eigenvalue weighted by Crippen LogP contribution is 2.23. The lowest BCUT2D eigenvalue weighted by atomic mass is 10.0. The van der Waals surface area contributed by atoms with E-state index in [0.29, 0.717) is 5.69 Å². The Balaban J connectivity index is 3.35. The summed E-state index contributed by atoms with van der Waals surface area (Å²) in [5.41, 5.74) is 2.43. The molecule has 3 heteroatoms. The van der Waals surface area contributed by atoms with E-state index in [2.05, 4.69) is 0 Å². The maximum atomic E-state index is 11.1. The molecule has 0 saturated carbocycles. The molecule has 3 nitrogen and oxygen atoms in total. The van der Waals surface area contributed by atoms with E-state index in [4.69, 9.17) is 5.11 Å². The van der Waals surface area contributed by atoms with E-state index in [-0.39, 0.29) is 5.92 Å². The van der Waals surface area contributed by atoms with Gasteiger partial charge in [0, 0.05) is 12.7 Å². The van der Waals surface area contributed by atoms with Crippen molar-refractivity contribution >= 4 is 5.97 Å². The zero-order chi connectivity index (χ0) is 10.9. The predicted molar refractivity (Wildman–Crippen MR) is 55.8 cm³/mol. The van der Waals surface area contributed by atoms with Crippen LogP contribution in [0.25, 0.3) is 0 Å². The fourth-order valence-corrected chi connectivity index (χ4v) is 1.73. The van der Waals surface area contributed by atoms with Gasteiger partial charge in [0.05, 0.1) is 0 Å². The summed E-state index contributed by atoms with van der Waals surface area (Å²) >= 11 is 0. The first-order chi connectivity index (χ1) is 6.49. The highest BCUT2D eigenvalue weighted by atomic mass is 16.4. The quantitative estimate of drug-likeness (QED) is 0.804. The van der Waals surface area contributed by atoms with E-state index in [0.717, 1.165) is 17.7 Å². The van der Waals surface area contributed by atoms with Gasteiger partial charge in [0.15, 0.2) is 0 Å². The highest BCUT2D eigenvalue weighted by molar-refractivity contribution is 5.88. The van der Waals surface area contributed by atoms with Crippen molar-refractivity contribution in [3.63, 3.8) is 0 Å². The van der Waals surface area contributed by atoms with E-state index in [9.17, 15) is 4.79 Å². The van der Waals surface area contributed by atoms with Crippen molar-refractivity contribution in [3.8, 4) is 0 Å². The summed E-state index contributed by atoms with van der Waals surface area (Å²) in [7, 11) is 1.81. The standard InChI is InChI=1S/C11H17NO2/c1-5-8-6-9(7(2)3)10(11(13)14)12(8)4/h6-7H,5H2,1-4H3,(H,13,14). The number of hydrogen-bond donors (Lipinski definition) is 1. The summed E-state index contributed by atoms with van der Waals surface area (Å²) in [6.45, 7) is 6.06. The first-order valence-electron chi connectivity index (χ1n) is 4.90. The Kier molecular flexibility index (Phi) is 2.99. The minimum Gasteiger partial charge on any atom is -0.477 e. The number of aromatic carboxylic acids is 1. The Labute approximate surface area is 84.4 Å². The van der Waals surface area contributed by atoms with Crippen LogP contribution in [-0.2, 0) is 13.5 Å². The second-order valence-electron chi connectivity index (χ2n) is 3.81. The molecule has 1 rings (SSSR count). The van der Waals surface area contributed by atoms with Crippen molar-refractivity contribution in [3.05, 3.63) is 23.0 Å². The maximum absolute atomic E-state index is 11.1. The molecule has 0 atom stereocenters. The van der Waals surface area contributed by atoms with Crippen molar-refractivity contribution in [2.75, 3.05) is 0 Å². The van der Waals surface area contributed by atoms with Crippen LogP contribution >= 0.6 is 0 Å². The van der Waals surface area contributed by atoms with Crippen LogP contribution in [0.15, 0.2) is 6.07 Å². The van der Waals surface area contributed by atoms with Crippen LogP contribution in [0, 0.1) is 0 Å². The van der Waals surface area contributed by atoms with Crippen LogP contribution < -0.4 is 0 Å². The van der Waals surface area contributed by atoms with Gasteiger partial charge in [-0.15, -0.1) is 0 Å². The van der Waals surface area contributed by atoms with Crippen molar-refractivity contribution in [1.29, 1.82) is 0 Å². The normalized spacial score (nSPS) is 10.9. The van der Waals surface area contributed by atoms with E-state index in [1.54, 1.807) is 4.57 Å². The van der Waals surface area contributed by atoms with Crippen LogP contribution in [-0.4, -0.2) is 15.6 Å². The smallest absolute Gasteiger partial charge is 0.352 e. The molecule has 0 aliphatic carbocycles. The van der Waals surface area contributed by atoms with Gasteiger partial charge >= 0.3 is 5.97 Å². The van der Waals surface area contributed by atoms with E-state index >= 15 is 0 Å². The molecular weight excluding hydrogens is 178 g/mol. The zero-order valence-electron chi connectivity index (χ0n) is 9.16. The number of aryl methyl sites for hydroxylation is 1. The summed E-state index contributed by atoms with van der Waals surface area (Å²) in [5, 5.41) is 9.08. The molecule has 0 bridgehead atoms. The minimum absolute atomic E-state index is 0.257. The summed E-state index contributed by atoms with van der Waals surface area (Å²) in [6, 6.07) is 1.99. The molecule has 14 heavy (non-hydrogen) atoms. The highest BCUT2D eigenvalue weighted by Gasteiger charge is 2.19. The predicted octanol–water partition coefficient (Wildman–Crippen LogP) is 2.41. The number of carboxylic acids is 1. The molecule has 0 radical (unpaired) electrons. The fourth-order valence-electron chi connectivity index (χ4n) is 1.73. The third-order valence-corrected chi connectivity index (χ3v) is 2.55. The Morgan fingerprint density at radius 2 is 2.14 bits per heavy atom. The molecule has 0 unspecified atom stereocenters. The van der Waals surface area contributed by atoms with Gasteiger partial charge in [-0.05, 0) is 24.0 Å². The van der Waals surface area contributed by atoms with Crippen molar-refractivity contribution in [2.45, 2.75) is 33.1 Å². The monoisotopic (exact) mass is 195 g/mol. The second kappa shape index (κ2) is 3.86. The van der Waals surface area contributed by atoms with Gasteiger partial charge in [-0.1, -0.05) is 20.8 Å². The average Bonchev–Trinajstić information content (AvgIpc) is 2.42. The number of nitrogens with zero attached hydrogens (tertiary/aromatic N) is 1. The van der Waals surface area contributed by atoms with Crippen LogP contribution in [0.4, 0.5) is 0 Å². The minimum atomic E-state index is -0.837. The lowest BCUT2D eigenvalue weighted by Crippen LogP contribution is -2.09. The third-order valence-electron chi connectivity index (χ3n) is 2.55. The van der Waals surface area contributed by atoms with Crippen LogP contribution in [0.1, 0.15) is 48.4 Å². The second-order valence-corrected chi connectivity index (χ2v) is 3.81. The Morgan fingerprint density at radius 1 is 1.57 bits per heavy atom. The Bertz CT molecular complexity index is 350. The van der Waals surface area contributed by atoms with Gasteiger partial charge < -0.3 is 9.67 Å². The van der Waals surface area contributed by atoms with Crippen molar-refractivity contribution < 1.29 is 9.90 Å². The van der Waals surface area contributed by atoms with Gasteiger partial charge in [0.25, 0.3) is 0 Å². The van der Waals surface area contributed by atoms with Crippen LogP contribution in [0.3, 0.4) is 0 Å². The van der Waals surface area contributed by atoms with Gasteiger partial charge in [0.2, 0.25) is 0 Å². The molecule has 1 aromatic rings. The largest absolute Gasteiger partial charge is 0.477 e. The van der Waals surface area contributed by atoms with Crippen LogP contribution in [0.2, 0.25) is 0 Å². The van der Waals surface area contributed by atoms with Gasteiger partial charge in [-0.2, -0.15) is 0 Å². The SMILES string of the molecule is CCc1cc(C(C)C)c(C(=O)O)n1C. The fraction of sp³-hybridized carbons (Fsp3) is 0.545. The molecular formula is C11H17NO2. The third kappa shape index (κ3) is 1.67. The van der Waals surface area contributed by atoms with Crippen LogP contribution in [0.5, 0.6) is 0 Å². The molecule has 1 aromatic heterocycles. The zero-order valence-corrected chi connectivity index (χ0v) is 9.16. The van der Waals surface area contributed by atoms with Gasteiger partial charge in [0.1, 0.15) is 5.69 Å². The summed E-state index contributed by atoms with van der Waals surface area (Å²) in [6.07, 6.45) is 0.865. The molecule has 0 amide bonds. The molecule has 0 aromatic carbocycles. The Morgan fingerprint density at radius 3 is 2.43 bits per heavy atom. The van der Waals surface area contributed by atoms with Crippen molar-refractivity contribution in [1.82, 2.24) is 4.57 Å². The van der Waals surface area contributed by atoms with E-state index in [1.807, 2.05) is 33.9 Å².